The summed E-state index contributed by atoms with van der Waals surface area (Å²) in [6, 6.07) is -1.10. The predicted octanol–water partition coefficient (Wildman–Crippen LogP) is 1.23. The van der Waals surface area contributed by atoms with Gasteiger partial charge in [-0.3, -0.25) is 0 Å². The highest BCUT2D eigenvalue weighted by Gasteiger charge is 2.26. The second-order valence-electron chi connectivity index (χ2n) is 4.92. The number of rotatable bonds is 5. The van der Waals surface area contributed by atoms with E-state index in [0.717, 1.165) is 11.6 Å². The summed E-state index contributed by atoms with van der Waals surface area (Å²) in [5, 5.41) is 14.6. The van der Waals surface area contributed by atoms with Crippen molar-refractivity contribution in [3.63, 3.8) is 0 Å². The van der Waals surface area contributed by atoms with Crippen LogP contribution < -0.4 is 10.2 Å². The molecule has 1 aliphatic heterocycles. The molecular weight excluding hydrogens is 292 g/mol. The van der Waals surface area contributed by atoms with E-state index >= 15 is 0 Å². The number of thiazole rings is 1. The van der Waals surface area contributed by atoms with Crippen molar-refractivity contribution in [2.24, 2.45) is 0 Å². The Bertz CT molecular complexity index is 472. The SMILES string of the molecule is CCCC(NC(=O)N1CCN(c2nccs2)CC1)C(=O)O. The fourth-order valence-corrected chi connectivity index (χ4v) is 2.96. The summed E-state index contributed by atoms with van der Waals surface area (Å²) >= 11 is 1.58. The summed E-state index contributed by atoms with van der Waals surface area (Å²) < 4.78 is 0. The van der Waals surface area contributed by atoms with Crippen LogP contribution in [0.4, 0.5) is 9.93 Å². The molecule has 116 valence electrons. The van der Waals surface area contributed by atoms with Gasteiger partial charge in [0, 0.05) is 37.8 Å². The molecule has 1 atom stereocenters. The second kappa shape index (κ2) is 7.26. The molecule has 2 rings (SSSR count). The molecule has 1 saturated heterocycles. The molecule has 21 heavy (non-hydrogen) atoms. The minimum atomic E-state index is -0.980. The third kappa shape index (κ3) is 4.07. The Kier molecular flexibility index (Phi) is 5.38. The Morgan fingerprint density at radius 1 is 1.43 bits per heavy atom. The summed E-state index contributed by atoms with van der Waals surface area (Å²) in [5.41, 5.74) is 0. The van der Waals surface area contributed by atoms with Crippen LogP contribution >= 0.6 is 11.3 Å². The molecule has 0 aromatic carbocycles. The fourth-order valence-electron chi connectivity index (χ4n) is 2.26. The Labute approximate surface area is 127 Å². The van der Waals surface area contributed by atoms with Crippen LogP contribution in [0.2, 0.25) is 0 Å². The Morgan fingerprint density at radius 2 is 2.14 bits per heavy atom. The average Bonchev–Trinajstić information content (AvgIpc) is 3.01. The van der Waals surface area contributed by atoms with Gasteiger partial charge in [-0.15, -0.1) is 11.3 Å². The second-order valence-corrected chi connectivity index (χ2v) is 5.79. The third-order valence-corrected chi connectivity index (χ3v) is 4.26. The molecule has 7 nitrogen and oxygen atoms in total. The van der Waals surface area contributed by atoms with Crippen molar-refractivity contribution in [3.8, 4) is 0 Å². The number of carbonyl (C=O) groups is 2. The van der Waals surface area contributed by atoms with E-state index in [4.69, 9.17) is 5.11 Å². The monoisotopic (exact) mass is 312 g/mol. The molecule has 2 N–H and O–H groups in total. The molecule has 0 saturated carbocycles. The lowest BCUT2D eigenvalue weighted by molar-refractivity contribution is -0.139. The summed E-state index contributed by atoms with van der Waals surface area (Å²) in [7, 11) is 0. The number of anilines is 1. The average molecular weight is 312 g/mol. The quantitative estimate of drug-likeness (QED) is 0.854. The van der Waals surface area contributed by atoms with E-state index in [1.54, 1.807) is 22.4 Å². The molecule has 2 heterocycles. The highest BCUT2D eigenvalue weighted by molar-refractivity contribution is 7.13. The first-order chi connectivity index (χ1) is 10.1. The van der Waals surface area contributed by atoms with E-state index in [1.807, 2.05) is 12.3 Å². The minimum absolute atomic E-state index is 0.297. The molecule has 0 aliphatic carbocycles. The maximum atomic E-state index is 12.1. The Balaban J connectivity index is 1.83. The Morgan fingerprint density at radius 3 is 2.67 bits per heavy atom. The van der Waals surface area contributed by atoms with Crippen LogP contribution in [-0.2, 0) is 4.79 Å². The molecule has 0 bridgehead atoms. The van der Waals surface area contributed by atoms with E-state index in [9.17, 15) is 9.59 Å². The van der Waals surface area contributed by atoms with Crippen LogP contribution in [0.5, 0.6) is 0 Å². The van der Waals surface area contributed by atoms with Gasteiger partial charge in [-0.25, -0.2) is 14.6 Å². The van der Waals surface area contributed by atoms with Crippen LogP contribution in [0.3, 0.4) is 0 Å². The topological polar surface area (TPSA) is 85.8 Å². The highest BCUT2D eigenvalue weighted by atomic mass is 32.1. The van der Waals surface area contributed by atoms with Crippen molar-refractivity contribution < 1.29 is 14.7 Å². The van der Waals surface area contributed by atoms with E-state index in [2.05, 4.69) is 15.2 Å². The number of nitrogens with one attached hydrogen (secondary N) is 1. The lowest BCUT2D eigenvalue weighted by Gasteiger charge is -2.35. The number of amides is 2. The number of hydrogen-bond acceptors (Lipinski definition) is 5. The van der Waals surface area contributed by atoms with Crippen molar-refractivity contribution in [3.05, 3.63) is 11.6 Å². The smallest absolute Gasteiger partial charge is 0.326 e. The number of urea groups is 1. The van der Waals surface area contributed by atoms with Crippen LogP contribution in [0.25, 0.3) is 0 Å². The first-order valence-electron chi connectivity index (χ1n) is 7.04. The van der Waals surface area contributed by atoms with E-state index in [-0.39, 0.29) is 6.03 Å². The minimum Gasteiger partial charge on any atom is -0.480 e. The first kappa shape index (κ1) is 15.6. The van der Waals surface area contributed by atoms with Gasteiger partial charge in [-0.1, -0.05) is 13.3 Å². The number of aliphatic carboxylic acids is 1. The number of carboxylic acids is 1. The number of aromatic nitrogens is 1. The van der Waals surface area contributed by atoms with E-state index in [0.29, 0.717) is 32.6 Å². The molecule has 1 aromatic heterocycles. The first-order valence-corrected chi connectivity index (χ1v) is 7.92. The van der Waals surface area contributed by atoms with Gasteiger partial charge in [-0.05, 0) is 6.42 Å². The van der Waals surface area contributed by atoms with Gasteiger partial charge in [0.15, 0.2) is 5.13 Å². The zero-order valence-electron chi connectivity index (χ0n) is 12.0. The number of carboxylic acid groups (broad SMARTS) is 1. The number of nitrogens with zero attached hydrogens (tertiary/aromatic N) is 3. The van der Waals surface area contributed by atoms with Crippen LogP contribution in [0.15, 0.2) is 11.6 Å². The van der Waals surface area contributed by atoms with Crippen molar-refractivity contribution >= 4 is 28.5 Å². The van der Waals surface area contributed by atoms with Crippen molar-refractivity contribution in [2.75, 3.05) is 31.1 Å². The summed E-state index contributed by atoms with van der Waals surface area (Å²) in [6.45, 7) is 4.47. The van der Waals surface area contributed by atoms with Crippen LogP contribution in [-0.4, -0.2) is 59.2 Å². The van der Waals surface area contributed by atoms with E-state index in [1.165, 1.54) is 0 Å². The number of carbonyl (C=O) groups excluding carboxylic acids is 1. The van der Waals surface area contributed by atoms with Crippen LogP contribution in [0.1, 0.15) is 19.8 Å². The van der Waals surface area contributed by atoms with Gasteiger partial charge in [0.25, 0.3) is 0 Å². The zero-order chi connectivity index (χ0) is 15.2. The van der Waals surface area contributed by atoms with Gasteiger partial charge in [0.2, 0.25) is 0 Å². The zero-order valence-corrected chi connectivity index (χ0v) is 12.8. The van der Waals surface area contributed by atoms with E-state index < -0.39 is 12.0 Å². The lowest BCUT2D eigenvalue weighted by Crippen LogP contribution is -2.54. The van der Waals surface area contributed by atoms with Crippen LogP contribution in [0, 0.1) is 0 Å². The maximum Gasteiger partial charge on any atom is 0.326 e. The standard InChI is InChI=1S/C13H20N4O3S/c1-2-3-10(11(18)19)15-12(20)16-5-7-17(8-6-16)13-14-4-9-21-13/h4,9-10H,2-3,5-8H2,1H3,(H,15,20)(H,18,19). The molecule has 0 radical (unpaired) electrons. The molecular formula is C13H20N4O3S. The van der Waals surface area contributed by atoms with Crippen molar-refractivity contribution in [2.45, 2.75) is 25.8 Å². The van der Waals surface area contributed by atoms with Gasteiger partial charge >= 0.3 is 12.0 Å². The van der Waals surface area contributed by atoms with Crippen molar-refractivity contribution in [1.82, 2.24) is 15.2 Å². The predicted molar refractivity (Wildman–Crippen MR) is 80.8 cm³/mol. The fraction of sp³-hybridized carbons (Fsp3) is 0.615. The largest absolute Gasteiger partial charge is 0.480 e. The normalized spacial score (nSPS) is 16.6. The molecule has 8 heteroatoms. The van der Waals surface area contributed by atoms with Gasteiger partial charge in [-0.2, -0.15) is 0 Å². The molecule has 2 amide bonds. The molecule has 1 aromatic rings. The number of hydrogen-bond donors (Lipinski definition) is 2. The lowest BCUT2D eigenvalue weighted by atomic mass is 10.2. The molecule has 1 fully saturated rings. The van der Waals surface area contributed by atoms with Gasteiger partial charge < -0.3 is 20.2 Å². The van der Waals surface area contributed by atoms with Crippen molar-refractivity contribution in [1.29, 1.82) is 0 Å². The number of piperazine rings is 1. The highest BCUT2D eigenvalue weighted by Crippen LogP contribution is 2.18. The van der Waals surface area contributed by atoms with Gasteiger partial charge in [0.1, 0.15) is 6.04 Å². The maximum absolute atomic E-state index is 12.1. The summed E-state index contributed by atoms with van der Waals surface area (Å²) in [6.07, 6.45) is 2.93. The molecule has 1 aliphatic rings. The Hall–Kier alpha value is -1.83. The van der Waals surface area contributed by atoms with Gasteiger partial charge in [0.05, 0.1) is 0 Å². The molecule has 1 unspecified atom stereocenters. The third-order valence-electron chi connectivity index (χ3n) is 3.43. The molecule has 0 spiro atoms. The summed E-state index contributed by atoms with van der Waals surface area (Å²) in [5.74, 6) is -0.980. The summed E-state index contributed by atoms with van der Waals surface area (Å²) in [4.78, 5) is 31.2.